The summed E-state index contributed by atoms with van der Waals surface area (Å²) in [5.74, 6) is 0. The highest BCUT2D eigenvalue weighted by Gasteiger charge is 1.93. The minimum absolute atomic E-state index is 1.05. The summed E-state index contributed by atoms with van der Waals surface area (Å²) >= 11 is 1.66. The molecular weight excluding hydrogens is 142 g/mol. The lowest BCUT2D eigenvalue weighted by atomic mass is 10.3. The van der Waals surface area contributed by atoms with E-state index in [2.05, 4.69) is 18.5 Å². The Hall–Kier alpha value is -0.890. The molecule has 10 heavy (non-hydrogen) atoms. The second-order valence-corrected chi connectivity index (χ2v) is 2.95. The van der Waals surface area contributed by atoms with Gasteiger partial charge in [-0.15, -0.1) is 11.3 Å². The van der Waals surface area contributed by atoms with Gasteiger partial charge < -0.3 is 0 Å². The fourth-order valence-electron chi connectivity index (χ4n) is 0.633. The molecule has 0 fully saturated rings. The van der Waals surface area contributed by atoms with E-state index in [0.29, 0.717) is 0 Å². The Labute approximate surface area is 64.7 Å². The van der Waals surface area contributed by atoms with Crippen LogP contribution in [0.1, 0.15) is 10.6 Å². The minimum atomic E-state index is 1.05. The molecule has 1 rings (SSSR count). The molecule has 0 radical (unpaired) electrons. The molecule has 0 atom stereocenters. The van der Waals surface area contributed by atoms with Gasteiger partial charge in [0.1, 0.15) is 0 Å². The molecule has 0 N–H and O–H groups in total. The third-order valence-electron chi connectivity index (χ3n) is 1.17. The molecule has 0 aliphatic heterocycles. The molecule has 0 unspecified atom stereocenters. The van der Waals surface area contributed by atoms with Crippen molar-refractivity contribution in [2.24, 2.45) is 0 Å². The van der Waals surface area contributed by atoms with Crippen molar-refractivity contribution in [3.05, 3.63) is 34.8 Å². The van der Waals surface area contributed by atoms with Crippen molar-refractivity contribution >= 4 is 17.4 Å². The standard InChI is InChI=1S/C8H9NS/c1-3-4-5-8-7(2)10-6-9-8/h3-6H,1H2,2H3/b5-4-. The van der Waals surface area contributed by atoms with Crippen molar-refractivity contribution in [1.29, 1.82) is 0 Å². The number of aryl methyl sites for hydroxylation is 1. The molecule has 0 spiro atoms. The number of thiazole rings is 1. The number of rotatable bonds is 2. The SMILES string of the molecule is C=C/C=C\c1ncsc1C. The molecule has 1 aromatic heterocycles. The molecule has 52 valence electrons. The van der Waals surface area contributed by atoms with Gasteiger partial charge in [-0.3, -0.25) is 0 Å². The van der Waals surface area contributed by atoms with Crippen molar-refractivity contribution in [2.75, 3.05) is 0 Å². The third-order valence-corrected chi connectivity index (χ3v) is 1.95. The van der Waals surface area contributed by atoms with E-state index in [0.717, 1.165) is 5.69 Å². The van der Waals surface area contributed by atoms with E-state index in [4.69, 9.17) is 0 Å². The first-order chi connectivity index (χ1) is 4.84. The lowest BCUT2D eigenvalue weighted by Crippen LogP contribution is -1.71. The van der Waals surface area contributed by atoms with Crippen LogP contribution < -0.4 is 0 Å². The van der Waals surface area contributed by atoms with Crippen LogP contribution in [0, 0.1) is 6.92 Å². The van der Waals surface area contributed by atoms with Crippen LogP contribution in [-0.2, 0) is 0 Å². The highest BCUT2D eigenvalue weighted by Crippen LogP contribution is 2.12. The van der Waals surface area contributed by atoms with Gasteiger partial charge in [0.15, 0.2) is 0 Å². The first-order valence-electron chi connectivity index (χ1n) is 3.04. The summed E-state index contributed by atoms with van der Waals surface area (Å²) < 4.78 is 0. The summed E-state index contributed by atoms with van der Waals surface area (Å²) in [6, 6.07) is 0. The van der Waals surface area contributed by atoms with Crippen LogP contribution in [0.3, 0.4) is 0 Å². The molecular formula is C8H9NS. The van der Waals surface area contributed by atoms with E-state index in [1.807, 2.05) is 17.7 Å². The smallest absolute Gasteiger partial charge is 0.0801 e. The molecule has 1 nitrogen and oxygen atoms in total. The van der Waals surface area contributed by atoms with Crippen molar-refractivity contribution < 1.29 is 0 Å². The van der Waals surface area contributed by atoms with E-state index in [9.17, 15) is 0 Å². The van der Waals surface area contributed by atoms with Gasteiger partial charge >= 0.3 is 0 Å². The van der Waals surface area contributed by atoms with E-state index >= 15 is 0 Å². The summed E-state index contributed by atoms with van der Waals surface area (Å²) in [5, 5.41) is 0. The Morgan fingerprint density at radius 3 is 3.00 bits per heavy atom. The molecule has 0 saturated carbocycles. The summed E-state index contributed by atoms with van der Waals surface area (Å²) in [7, 11) is 0. The van der Waals surface area contributed by atoms with Crippen LogP contribution >= 0.6 is 11.3 Å². The van der Waals surface area contributed by atoms with Crippen LogP contribution in [-0.4, -0.2) is 4.98 Å². The number of aromatic nitrogens is 1. The average molecular weight is 151 g/mol. The van der Waals surface area contributed by atoms with Crippen molar-refractivity contribution in [3.8, 4) is 0 Å². The second-order valence-electron chi connectivity index (χ2n) is 1.89. The summed E-state index contributed by atoms with van der Waals surface area (Å²) in [6.45, 7) is 5.63. The predicted molar refractivity (Wildman–Crippen MR) is 46.1 cm³/mol. The third kappa shape index (κ3) is 1.54. The second kappa shape index (κ2) is 3.32. The molecule has 0 amide bonds. The lowest BCUT2D eigenvalue weighted by Gasteiger charge is -1.83. The van der Waals surface area contributed by atoms with Crippen LogP contribution in [0.4, 0.5) is 0 Å². The Balaban J connectivity index is 2.83. The van der Waals surface area contributed by atoms with Crippen LogP contribution in [0.2, 0.25) is 0 Å². The molecule has 0 aliphatic carbocycles. The van der Waals surface area contributed by atoms with Crippen molar-refractivity contribution in [1.82, 2.24) is 4.98 Å². The van der Waals surface area contributed by atoms with Crippen LogP contribution in [0.5, 0.6) is 0 Å². The van der Waals surface area contributed by atoms with E-state index in [1.54, 1.807) is 17.4 Å². The fourth-order valence-corrected chi connectivity index (χ4v) is 1.20. The normalized spacial score (nSPS) is 10.5. The van der Waals surface area contributed by atoms with Gasteiger partial charge in [-0.2, -0.15) is 0 Å². The maximum atomic E-state index is 4.14. The van der Waals surface area contributed by atoms with Crippen molar-refractivity contribution in [3.63, 3.8) is 0 Å². The Kier molecular flexibility index (Phi) is 2.40. The highest BCUT2D eigenvalue weighted by molar-refractivity contribution is 7.09. The molecule has 0 saturated heterocycles. The Bertz CT molecular complexity index is 248. The molecule has 2 heteroatoms. The maximum Gasteiger partial charge on any atom is 0.0801 e. The molecule has 0 bridgehead atoms. The van der Waals surface area contributed by atoms with E-state index in [-0.39, 0.29) is 0 Å². The summed E-state index contributed by atoms with van der Waals surface area (Å²) in [6.07, 6.45) is 5.60. The quantitative estimate of drug-likeness (QED) is 0.592. The van der Waals surface area contributed by atoms with Crippen LogP contribution in [0.25, 0.3) is 6.08 Å². The number of nitrogens with zero attached hydrogens (tertiary/aromatic N) is 1. The topological polar surface area (TPSA) is 12.9 Å². The minimum Gasteiger partial charge on any atom is -0.245 e. The highest BCUT2D eigenvalue weighted by atomic mass is 32.1. The van der Waals surface area contributed by atoms with Crippen molar-refractivity contribution in [2.45, 2.75) is 6.92 Å². The van der Waals surface area contributed by atoms with E-state index in [1.165, 1.54) is 4.88 Å². The van der Waals surface area contributed by atoms with Gasteiger partial charge in [-0.1, -0.05) is 18.7 Å². The van der Waals surface area contributed by atoms with Gasteiger partial charge in [0.25, 0.3) is 0 Å². The Morgan fingerprint density at radius 2 is 2.50 bits per heavy atom. The van der Waals surface area contributed by atoms with Gasteiger partial charge in [0, 0.05) is 4.88 Å². The zero-order valence-electron chi connectivity index (χ0n) is 5.87. The van der Waals surface area contributed by atoms with Gasteiger partial charge in [-0.05, 0) is 13.0 Å². The number of allylic oxidation sites excluding steroid dienone is 2. The molecule has 1 aromatic rings. The number of hydrogen-bond acceptors (Lipinski definition) is 2. The Morgan fingerprint density at radius 1 is 1.70 bits per heavy atom. The van der Waals surface area contributed by atoms with E-state index < -0.39 is 0 Å². The van der Waals surface area contributed by atoms with Crippen LogP contribution in [0.15, 0.2) is 24.2 Å². The summed E-state index contributed by atoms with van der Waals surface area (Å²) in [5.41, 5.74) is 2.89. The zero-order valence-corrected chi connectivity index (χ0v) is 6.69. The summed E-state index contributed by atoms with van der Waals surface area (Å²) in [4.78, 5) is 5.39. The zero-order chi connectivity index (χ0) is 7.40. The van der Waals surface area contributed by atoms with Gasteiger partial charge in [0.05, 0.1) is 11.2 Å². The first-order valence-corrected chi connectivity index (χ1v) is 3.91. The predicted octanol–water partition coefficient (Wildman–Crippen LogP) is 2.65. The molecule has 0 aromatic carbocycles. The molecule has 1 heterocycles. The van der Waals surface area contributed by atoms with Gasteiger partial charge in [0.2, 0.25) is 0 Å². The fraction of sp³-hybridized carbons (Fsp3) is 0.125. The average Bonchev–Trinajstić information content (AvgIpc) is 2.31. The monoisotopic (exact) mass is 151 g/mol. The largest absolute Gasteiger partial charge is 0.245 e. The first kappa shape index (κ1) is 7.22. The maximum absolute atomic E-state index is 4.14. The lowest BCUT2D eigenvalue weighted by molar-refractivity contribution is 1.34. The number of hydrogen-bond donors (Lipinski definition) is 0. The molecule has 0 aliphatic rings. The van der Waals surface area contributed by atoms with Gasteiger partial charge in [-0.25, -0.2) is 4.98 Å².